The van der Waals surface area contributed by atoms with Crippen LogP contribution in [0.25, 0.3) is 16.6 Å². The lowest BCUT2D eigenvalue weighted by molar-refractivity contribution is 0.100. The summed E-state index contributed by atoms with van der Waals surface area (Å²) in [6, 6.07) is 9.61. The molecule has 0 aliphatic rings. The fourth-order valence-corrected chi connectivity index (χ4v) is 2.55. The van der Waals surface area contributed by atoms with Crippen molar-refractivity contribution in [1.82, 2.24) is 14.8 Å². The molecule has 7 nitrogen and oxygen atoms in total. The van der Waals surface area contributed by atoms with Gasteiger partial charge in [-0.15, -0.1) is 12.4 Å². The zero-order valence-electron chi connectivity index (χ0n) is 13.0. The van der Waals surface area contributed by atoms with Crippen LogP contribution in [-0.2, 0) is 6.42 Å². The summed E-state index contributed by atoms with van der Waals surface area (Å²) < 4.78 is 1.74. The van der Waals surface area contributed by atoms with Crippen molar-refractivity contribution in [2.24, 2.45) is 16.5 Å². The number of pyridine rings is 1. The summed E-state index contributed by atoms with van der Waals surface area (Å²) in [6.45, 7) is 1.95. The molecule has 24 heavy (non-hydrogen) atoms. The number of hydrogen-bond donors (Lipinski definition) is 2. The van der Waals surface area contributed by atoms with Crippen LogP contribution in [0.2, 0.25) is 0 Å². The highest BCUT2D eigenvalue weighted by atomic mass is 35.5. The standard InChI is InChI=1S/C16H16N6O.ClH/c1-2-13-11(15(23)21-16(17)18)9-20-22(13)14-7-3-6-12-10(14)5-4-8-19-12;/h3-9H,2H2,1H3,(H4,17,18,21,23);1H. The molecule has 0 aliphatic carbocycles. The van der Waals surface area contributed by atoms with E-state index in [2.05, 4.69) is 15.1 Å². The molecule has 0 unspecified atom stereocenters. The molecular formula is C16H17ClN6O. The first-order valence-electron chi connectivity index (χ1n) is 7.16. The molecule has 0 radical (unpaired) electrons. The Morgan fingerprint density at radius 3 is 2.75 bits per heavy atom. The third kappa shape index (κ3) is 3.07. The Labute approximate surface area is 144 Å². The predicted octanol–water partition coefficient (Wildman–Crippen LogP) is 1.82. The molecule has 1 amide bonds. The minimum atomic E-state index is -0.494. The maximum atomic E-state index is 12.1. The maximum Gasteiger partial charge on any atom is 0.283 e. The van der Waals surface area contributed by atoms with Gasteiger partial charge >= 0.3 is 0 Å². The van der Waals surface area contributed by atoms with Crippen molar-refractivity contribution >= 4 is 35.2 Å². The summed E-state index contributed by atoms with van der Waals surface area (Å²) in [5, 5.41) is 5.31. The first-order chi connectivity index (χ1) is 11.1. The zero-order valence-corrected chi connectivity index (χ0v) is 13.8. The molecule has 0 spiro atoms. The molecule has 1 aromatic carbocycles. The zero-order chi connectivity index (χ0) is 16.4. The van der Waals surface area contributed by atoms with Gasteiger partial charge in [-0.05, 0) is 30.7 Å². The van der Waals surface area contributed by atoms with Crippen LogP contribution >= 0.6 is 12.4 Å². The second-order valence-corrected chi connectivity index (χ2v) is 4.96. The number of guanidine groups is 1. The Hall–Kier alpha value is -2.93. The number of amides is 1. The monoisotopic (exact) mass is 344 g/mol. The Morgan fingerprint density at radius 1 is 1.25 bits per heavy atom. The van der Waals surface area contributed by atoms with Gasteiger partial charge in [0.2, 0.25) is 0 Å². The normalized spacial score (nSPS) is 10.2. The molecule has 8 heteroatoms. The van der Waals surface area contributed by atoms with Gasteiger partial charge < -0.3 is 11.5 Å². The van der Waals surface area contributed by atoms with E-state index in [4.69, 9.17) is 11.5 Å². The van der Waals surface area contributed by atoms with E-state index in [1.165, 1.54) is 6.20 Å². The van der Waals surface area contributed by atoms with Crippen molar-refractivity contribution in [1.29, 1.82) is 0 Å². The minimum Gasteiger partial charge on any atom is -0.370 e. The highest BCUT2D eigenvalue weighted by Gasteiger charge is 2.18. The van der Waals surface area contributed by atoms with E-state index >= 15 is 0 Å². The number of nitrogens with zero attached hydrogens (tertiary/aromatic N) is 4. The fourth-order valence-electron chi connectivity index (χ4n) is 2.55. The molecule has 4 N–H and O–H groups in total. The fraction of sp³-hybridized carbons (Fsp3) is 0.125. The molecule has 0 fully saturated rings. The topological polar surface area (TPSA) is 112 Å². The van der Waals surface area contributed by atoms with E-state index in [9.17, 15) is 4.79 Å². The molecule has 3 rings (SSSR count). The van der Waals surface area contributed by atoms with E-state index in [0.717, 1.165) is 22.3 Å². The van der Waals surface area contributed by atoms with Crippen molar-refractivity contribution in [3.8, 4) is 5.69 Å². The van der Waals surface area contributed by atoms with Gasteiger partial charge in [-0.1, -0.05) is 13.0 Å². The largest absolute Gasteiger partial charge is 0.370 e. The summed E-state index contributed by atoms with van der Waals surface area (Å²) >= 11 is 0. The summed E-state index contributed by atoms with van der Waals surface area (Å²) in [5.41, 5.74) is 13.4. The molecule has 0 saturated carbocycles. The van der Waals surface area contributed by atoms with Crippen molar-refractivity contribution in [2.45, 2.75) is 13.3 Å². The van der Waals surface area contributed by atoms with Crippen LogP contribution in [0.4, 0.5) is 0 Å². The van der Waals surface area contributed by atoms with Crippen LogP contribution in [0.3, 0.4) is 0 Å². The summed E-state index contributed by atoms with van der Waals surface area (Å²) in [7, 11) is 0. The smallest absolute Gasteiger partial charge is 0.283 e. The van der Waals surface area contributed by atoms with Crippen molar-refractivity contribution in [3.63, 3.8) is 0 Å². The SMILES string of the molecule is CCc1c(C(=O)N=C(N)N)cnn1-c1cccc2ncccc12.Cl. The number of aliphatic imine (C=N–C) groups is 1. The number of rotatable bonds is 3. The first-order valence-corrected chi connectivity index (χ1v) is 7.16. The van der Waals surface area contributed by atoms with E-state index in [0.29, 0.717) is 12.0 Å². The van der Waals surface area contributed by atoms with Crippen LogP contribution < -0.4 is 11.5 Å². The van der Waals surface area contributed by atoms with Gasteiger partial charge in [0.25, 0.3) is 5.91 Å². The van der Waals surface area contributed by atoms with Gasteiger partial charge in [0.15, 0.2) is 5.96 Å². The van der Waals surface area contributed by atoms with Crippen LogP contribution in [0.1, 0.15) is 23.0 Å². The van der Waals surface area contributed by atoms with Gasteiger partial charge in [-0.3, -0.25) is 9.78 Å². The third-order valence-electron chi connectivity index (χ3n) is 3.52. The number of halogens is 1. The lowest BCUT2D eigenvalue weighted by Crippen LogP contribution is -2.24. The lowest BCUT2D eigenvalue weighted by Gasteiger charge is -2.09. The molecule has 3 aromatic rings. The van der Waals surface area contributed by atoms with Crippen LogP contribution in [0.5, 0.6) is 0 Å². The highest BCUT2D eigenvalue weighted by Crippen LogP contribution is 2.23. The summed E-state index contributed by atoms with van der Waals surface area (Å²) in [4.78, 5) is 20.1. The van der Waals surface area contributed by atoms with Crippen LogP contribution in [0.15, 0.2) is 47.7 Å². The number of benzene rings is 1. The van der Waals surface area contributed by atoms with Crippen molar-refractivity contribution in [3.05, 3.63) is 54.0 Å². The molecule has 0 atom stereocenters. The molecule has 0 bridgehead atoms. The second-order valence-electron chi connectivity index (χ2n) is 4.96. The Kier molecular flexibility index (Phi) is 5.15. The van der Waals surface area contributed by atoms with Gasteiger partial charge in [0.05, 0.1) is 28.7 Å². The first kappa shape index (κ1) is 17.4. The summed E-state index contributed by atoms with van der Waals surface area (Å²) in [6.07, 6.45) is 3.84. The third-order valence-corrected chi connectivity index (χ3v) is 3.52. The van der Waals surface area contributed by atoms with E-state index in [-0.39, 0.29) is 18.4 Å². The number of carbonyl (C=O) groups is 1. The summed E-state index contributed by atoms with van der Waals surface area (Å²) in [5.74, 6) is -0.759. The minimum absolute atomic E-state index is 0. The highest BCUT2D eigenvalue weighted by molar-refractivity contribution is 6.02. The van der Waals surface area contributed by atoms with Gasteiger partial charge in [-0.2, -0.15) is 10.1 Å². The number of fused-ring (bicyclic) bond motifs is 1. The number of hydrogen-bond acceptors (Lipinski definition) is 3. The van der Waals surface area contributed by atoms with E-state index in [1.807, 2.05) is 37.3 Å². The molecular weight excluding hydrogens is 328 g/mol. The Balaban J connectivity index is 0.00000208. The second kappa shape index (κ2) is 7.10. The Morgan fingerprint density at radius 2 is 2.04 bits per heavy atom. The van der Waals surface area contributed by atoms with Crippen LogP contribution in [0, 0.1) is 0 Å². The number of nitrogens with two attached hydrogens (primary N) is 2. The quantitative estimate of drug-likeness (QED) is 0.556. The van der Waals surface area contributed by atoms with E-state index in [1.54, 1.807) is 10.9 Å². The van der Waals surface area contributed by atoms with Crippen molar-refractivity contribution < 1.29 is 4.79 Å². The maximum absolute atomic E-state index is 12.1. The van der Waals surface area contributed by atoms with Gasteiger partial charge in [0, 0.05) is 11.6 Å². The lowest BCUT2D eigenvalue weighted by atomic mass is 10.1. The van der Waals surface area contributed by atoms with Gasteiger partial charge in [-0.25, -0.2) is 4.68 Å². The Bertz CT molecular complexity index is 909. The average molecular weight is 345 g/mol. The average Bonchev–Trinajstić information content (AvgIpc) is 2.97. The molecule has 124 valence electrons. The molecule has 2 aromatic heterocycles. The van der Waals surface area contributed by atoms with E-state index < -0.39 is 5.91 Å². The molecule has 2 heterocycles. The van der Waals surface area contributed by atoms with Crippen LogP contribution in [-0.4, -0.2) is 26.6 Å². The number of aromatic nitrogens is 3. The predicted molar refractivity (Wildman–Crippen MR) is 95.6 cm³/mol. The van der Waals surface area contributed by atoms with Gasteiger partial charge in [0.1, 0.15) is 0 Å². The molecule has 0 saturated heterocycles. The molecule has 0 aliphatic heterocycles. The number of carbonyl (C=O) groups excluding carboxylic acids is 1. The van der Waals surface area contributed by atoms with Crippen molar-refractivity contribution in [2.75, 3.05) is 0 Å².